The van der Waals surface area contributed by atoms with Gasteiger partial charge in [-0.1, -0.05) is 129 Å². The van der Waals surface area contributed by atoms with Gasteiger partial charge in [0.15, 0.2) is 17.5 Å². The zero-order chi connectivity index (χ0) is 35.3. The zero-order valence-electron chi connectivity index (χ0n) is 29.1. The molecule has 0 spiro atoms. The number of benzene rings is 7. The van der Waals surface area contributed by atoms with Gasteiger partial charge in [0.25, 0.3) is 0 Å². The van der Waals surface area contributed by atoms with E-state index >= 15 is 0 Å². The van der Waals surface area contributed by atoms with E-state index in [1.54, 1.807) is 11.3 Å². The van der Waals surface area contributed by atoms with Gasteiger partial charge in [-0.15, -0.1) is 11.3 Å². The van der Waals surface area contributed by atoms with E-state index in [1.165, 1.54) is 53.2 Å². The summed E-state index contributed by atoms with van der Waals surface area (Å²) >= 11 is 1.80. The van der Waals surface area contributed by atoms with E-state index in [1.807, 2.05) is 24.3 Å². The fourth-order valence-electron chi connectivity index (χ4n) is 8.46. The van der Waals surface area contributed by atoms with Crippen molar-refractivity contribution in [3.05, 3.63) is 163 Å². The van der Waals surface area contributed by atoms with E-state index in [0.717, 1.165) is 39.0 Å². The molecule has 3 aromatic heterocycles. The predicted octanol–water partition coefficient (Wildman–Crippen LogP) is 13.1. The van der Waals surface area contributed by atoms with Crippen LogP contribution in [0, 0.1) is 0 Å². The topological polar surface area (TPSA) is 51.8 Å². The number of aromatic nitrogens is 3. The lowest BCUT2D eigenvalue weighted by Gasteiger charge is -2.22. The van der Waals surface area contributed by atoms with Crippen molar-refractivity contribution in [1.29, 1.82) is 0 Å². The van der Waals surface area contributed by atoms with Crippen LogP contribution in [-0.4, -0.2) is 15.0 Å². The van der Waals surface area contributed by atoms with Gasteiger partial charge in [0.1, 0.15) is 11.2 Å². The fourth-order valence-corrected chi connectivity index (χ4v) is 9.59. The molecule has 1 aliphatic rings. The SMILES string of the molecule is CC1(C)c2ccc(-c3cccc(-c4nc(-c5ccccc5)nc(-c5cccc6sc7ccccc7c56)n4)c3)cc2-c2ccc3oc4ccccc4c3c21. The molecule has 7 aromatic carbocycles. The van der Waals surface area contributed by atoms with Crippen LogP contribution in [0.4, 0.5) is 0 Å². The molecule has 0 radical (unpaired) electrons. The summed E-state index contributed by atoms with van der Waals surface area (Å²) in [6.45, 7) is 4.67. The summed E-state index contributed by atoms with van der Waals surface area (Å²) in [6, 6.07) is 53.5. The molecule has 4 nitrogen and oxygen atoms in total. The quantitative estimate of drug-likeness (QED) is 0.184. The van der Waals surface area contributed by atoms with Crippen molar-refractivity contribution in [3.63, 3.8) is 0 Å². The maximum absolute atomic E-state index is 6.31. The Hall–Kier alpha value is -6.43. The van der Waals surface area contributed by atoms with Crippen LogP contribution in [0.15, 0.2) is 156 Å². The molecule has 0 atom stereocenters. The Morgan fingerprint density at radius 2 is 1.13 bits per heavy atom. The molecular weight excluding hydrogens is 667 g/mol. The Morgan fingerprint density at radius 1 is 0.453 bits per heavy atom. The van der Waals surface area contributed by atoms with E-state index in [0.29, 0.717) is 17.5 Å². The smallest absolute Gasteiger partial charge is 0.164 e. The molecule has 0 unspecified atom stereocenters. The number of hydrogen-bond acceptors (Lipinski definition) is 5. The fraction of sp³-hybridized carbons (Fsp3) is 0.0625. The number of para-hydroxylation sites is 1. The maximum atomic E-state index is 6.31. The monoisotopic (exact) mass is 697 g/mol. The molecule has 0 saturated carbocycles. The van der Waals surface area contributed by atoms with Crippen LogP contribution >= 0.6 is 11.3 Å². The Kier molecular flexibility index (Phi) is 6.43. The number of hydrogen-bond donors (Lipinski definition) is 0. The Labute approximate surface area is 310 Å². The number of furan rings is 1. The van der Waals surface area contributed by atoms with Crippen LogP contribution in [0.1, 0.15) is 25.0 Å². The van der Waals surface area contributed by atoms with Crippen molar-refractivity contribution < 1.29 is 4.42 Å². The largest absolute Gasteiger partial charge is 0.456 e. The van der Waals surface area contributed by atoms with Gasteiger partial charge in [0, 0.05) is 53.1 Å². The second-order valence-corrected chi connectivity index (χ2v) is 15.5. The van der Waals surface area contributed by atoms with Crippen molar-refractivity contribution in [3.8, 4) is 56.4 Å². The second-order valence-electron chi connectivity index (χ2n) is 14.4. The number of nitrogens with zero attached hydrogens (tertiary/aromatic N) is 3. The summed E-state index contributed by atoms with van der Waals surface area (Å²) in [5.41, 5.74) is 12.1. The first kappa shape index (κ1) is 30.2. The van der Waals surface area contributed by atoms with Crippen LogP contribution < -0.4 is 0 Å². The number of thiophene rings is 1. The molecule has 0 aliphatic heterocycles. The van der Waals surface area contributed by atoms with Crippen molar-refractivity contribution in [2.24, 2.45) is 0 Å². The summed E-state index contributed by atoms with van der Waals surface area (Å²) in [5.74, 6) is 1.97. The third-order valence-corrected chi connectivity index (χ3v) is 12.1. The van der Waals surface area contributed by atoms with E-state index in [-0.39, 0.29) is 5.41 Å². The number of rotatable bonds is 4. The van der Waals surface area contributed by atoms with Crippen LogP contribution in [-0.2, 0) is 5.41 Å². The van der Waals surface area contributed by atoms with Gasteiger partial charge in [0.05, 0.1) is 0 Å². The highest BCUT2D eigenvalue weighted by atomic mass is 32.1. The summed E-state index contributed by atoms with van der Waals surface area (Å²) < 4.78 is 8.78. The molecule has 0 saturated heterocycles. The molecular formula is C48H31N3OS. The average molecular weight is 698 g/mol. The van der Waals surface area contributed by atoms with Gasteiger partial charge in [-0.25, -0.2) is 15.0 Å². The van der Waals surface area contributed by atoms with Crippen LogP contribution in [0.5, 0.6) is 0 Å². The van der Waals surface area contributed by atoms with Crippen molar-refractivity contribution >= 4 is 53.4 Å². The van der Waals surface area contributed by atoms with Gasteiger partial charge >= 0.3 is 0 Å². The Morgan fingerprint density at radius 3 is 2.02 bits per heavy atom. The molecule has 1 aliphatic carbocycles. The van der Waals surface area contributed by atoms with Crippen LogP contribution in [0.2, 0.25) is 0 Å². The first-order valence-electron chi connectivity index (χ1n) is 17.9. The minimum Gasteiger partial charge on any atom is -0.456 e. The van der Waals surface area contributed by atoms with Crippen molar-refractivity contribution in [2.45, 2.75) is 19.3 Å². The molecule has 0 amide bonds. The van der Waals surface area contributed by atoms with Gasteiger partial charge in [-0.05, 0) is 69.8 Å². The lowest BCUT2D eigenvalue weighted by molar-refractivity contribution is 0.657. The van der Waals surface area contributed by atoms with Crippen LogP contribution in [0.25, 0.3) is 98.5 Å². The Bertz CT molecular complexity index is 3100. The molecule has 53 heavy (non-hydrogen) atoms. The number of fused-ring (bicyclic) bond motifs is 10. The average Bonchev–Trinajstić information content (AvgIpc) is 3.85. The minimum atomic E-state index is -0.178. The van der Waals surface area contributed by atoms with E-state index in [9.17, 15) is 0 Å². The predicted molar refractivity (Wildman–Crippen MR) is 219 cm³/mol. The molecule has 5 heteroatoms. The second kappa shape index (κ2) is 11.3. The Balaban J connectivity index is 1.06. The molecule has 250 valence electrons. The molecule has 0 bridgehead atoms. The third kappa shape index (κ3) is 4.57. The van der Waals surface area contributed by atoms with E-state index < -0.39 is 0 Å². The minimum absolute atomic E-state index is 0.178. The van der Waals surface area contributed by atoms with Gasteiger partial charge in [-0.3, -0.25) is 0 Å². The van der Waals surface area contributed by atoms with E-state index in [4.69, 9.17) is 19.4 Å². The molecule has 10 aromatic rings. The summed E-state index contributed by atoms with van der Waals surface area (Å²) in [7, 11) is 0. The maximum Gasteiger partial charge on any atom is 0.164 e. The first-order chi connectivity index (χ1) is 26.0. The van der Waals surface area contributed by atoms with Gasteiger partial charge in [-0.2, -0.15) is 0 Å². The normalized spacial score (nSPS) is 13.2. The lowest BCUT2D eigenvalue weighted by Crippen LogP contribution is -2.15. The summed E-state index contributed by atoms with van der Waals surface area (Å²) in [6.07, 6.45) is 0. The third-order valence-electron chi connectivity index (χ3n) is 10.9. The highest BCUT2D eigenvalue weighted by molar-refractivity contribution is 7.25. The van der Waals surface area contributed by atoms with Crippen LogP contribution in [0.3, 0.4) is 0 Å². The molecule has 11 rings (SSSR count). The van der Waals surface area contributed by atoms with Gasteiger partial charge < -0.3 is 4.42 Å². The van der Waals surface area contributed by atoms with Crippen molar-refractivity contribution in [2.75, 3.05) is 0 Å². The highest BCUT2D eigenvalue weighted by Crippen LogP contribution is 2.53. The summed E-state index contributed by atoms with van der Waals surface area (Å²) in [5, 5.41) is 4.79. The van der Waals surface area contributed by atoms with Crippen molar-refractivity contribution in [1.82, 2.24) is 15.0 Å². The molecule has 0 N–H and O–H groups in total. The standard InChI is InChI=1S/C48H31N3OS/c1-48(2)37-24-22-30(27-36(37)32-23-25-39-43(44(32)48)33-16-6-8-19-38(33)52-39)29-14-10-15-31(26-29)46-49-45(28-12-4-3-5-13-28)50-47(51-46)35-18-11-21-41-42(35)34-17-7-9-20-40(34)53-41/h3-27H,1-2H3. The molecule has 3 heterocycles. The zero-order valence-corrected chi connectivity index (χ0v) is 29.9. The molecule has 0 fully saturated rings. The first-order valence-corrected chi connectivity index (χ1v) is 18.8. The summed E-state index contributed by atoms with van der Waals surface area (Å²) in [4.78, 5) is 15.4. The lowest BCUT2D eigenvalue weighted by atomic mass is 9.80. The van der Waals surface area contributed by atoms with E-state index in [2.05, 4.69) is 141 Å². The van der Waals surface area contributed by atoms with Gasteiger partial charge in [0.2, 0.25) is 0 Å². The highest BCUT2D eigenvalue weighted by Gasteiger charge is 2.38.